The molecule has 0 amide bonds. The Balaban J connectivity index is 3.39. The summed E-state index contributed by atoms with van der Waals surface area (Å²) in [6.07, 6.45) is 0. The van der Waals surface area contributed by atoms with E-state index in [2.05, 4.69) is 0 Å². The Morgan fingerprint density at radius 1 is 1.50 bits per heavy atom. The number of hydrogen-bond donors (Lipinski definition) is 1. The summed E-state index contributed by atoms with van der Waals surface area (Å²) in [6.45, 7) is 1.31. The molecular weight excluding hydrogens is 228 g/mol. The topological polar surface area (TPSA) is 93.2 Å². The minimum absolute atomic E-state index is 0.0686. The van der Waals surface area contributed by atoms with Gasteiger partial charge in [0.05, 0.1) is 23.8 Å². The predicted molar refractivity (Wildman–Crippen MR) is 59.7 cm³/mol. The third-order valence-electron chi connectivity index (χ3n) is 2.17. The van der Waals surface area contributed by atoms with Crippen LogP contribution < -0.4 is 10.5 Å². The molecule has 0 aliphatic rings. The van der Waals surface area contributed by atoms with Gasteiger partial charge in [0.2, 0.25) is 0 Å². The smallest absolute Gasteiger partial charge is 0.196 e. The molecule has 0 saturated heterocycles. The third-order valence-corrected chi connectivity index (χ3v) is 4.18. The summed E-state index contributed by atoms with van der Waals surface area (Å²) in [5.74, 6) is 0.387. The van der Waals surface area contributed by atoms with Crippen LogP contribution in [0.25, 0.3) is 0 Å². The van der Waals surface area contributed by atoms with Gasteiger partial charge in [-0.1, -0.05) is 0 Å². The molecule has 0 fully saturated rings. The van der Waals surface area contributed by atoms with Crippen LogP contribution in [-0.4, -0.2) is 20.8 Å². The Morgan fingerprint density at radius 2 is 2.12 bits per heavy atom. The second-order valence-electron chi connectivity index (χ2n) is 3.22. The highest BCUT2D eigenvalue weighted by atomic mass is 32.2. The van der Waals surface area contributed by atoms with Gasteiger partial charge in [0, 0.05) is 6.07 Å². The number of anilines is 1. The highest BCUT2D eigenvalue weighted by Gasteiger charge is 2.25. The van der Waals surface area contributed by atoms with Gasteiger partial charge in [-0.3, -0.25) is 0 Å². The molecule has 86 valence electrons. The van der Waals surface area contributed by atoms with E-state index in [0.29, 0.717) is 5.75 Å². The molecule has 16 heavy (non-hydrogen) atoms. The Morgan fingerprint density at radius 3 is 2.62 bits per heavy atom. The van der Waals surface area contributed by atoms with E-state index >= 15 is 0 Å². The summed E-state index contributed by atoms with van der Waals surface area (Å²) in [5, 5.41) is 7.51. The van der Waals surface area contributed by atoms with Crippen molar-refractivity contribution in [2.45, 2.75) is 17.1 Å². The number of nitrogen functional groups attached to an aromatic ring is 1. The summed E-state index contributed by atoms with van der Waals surface area (Å²) in [5.41, 5.74) is 5.69. The van der Waals surface area contributed by atoms with E-state index in [1.807, 2.05) is 0 Å². The number of nitrogens with two attached hydrogens (primary N) is 1. The molecule has 1 aromatic carbocycles. The van der Waals surface area contributed by atoms with Crippen molar-refractivity contribution in [1.82, 2.24) is 0 Å². The molecule has 1 atom stereocenters. The molecule has 1 rings (SSSR count). The predicted octanol–water partition coefficient (Wildman–Crippen LogP) is 0.963. The van der Waals surface area contributed by atoms with Crippen LogP contribution >= 0.6 is 0 Å². The lowest BCUT2D eigenvalue weighted by molar-refractivity contribution is 0.413. The van der Waals surface area contributed by atoms with Crippen molar-refractivity contribution in [3.8, 4) is 11.8 Å². The van der Waals surface area contributed by atoms with Crippen molar-refractivity contribution in [3.63, 3.8) is 0 Å². The van der Waals surface area contributed by atoms with Gasteiger partial charge in [-0.15, -0.1) is 0 Å². The zero-order valence-corrected chi connectivity index (χ0v) is 9.78. The third kappa shape index (κ3) is 2.09. The van der Waals surface area contributed by atoms with Gasteiger partial charge in [-0.2, -0.15) is 5.26 Å². The van der Waals surface area contributed by atoms with Crippen LogP contribution in [0.4, 0.5) is 5.69 Å². The van der Waals surface area contributed by atoms with E-state index in [1.54, 1.807) is 12.1 Å². The van der Waals surface area contributed by atoms with Crippen LogP contribution in [0.2, 0.25) is 0 Å². The second-order valence-corrected chi connectivity index (χ2v) is 5.46. The van der Waals surface area contributed by atoms with Crippen LogP contribution in [0.3, 0.4) is 0 Å². The molecule has 0 spiro atoms. The summed E-state index contributed by atoms with van der Waals surface area (Å²) >= 11 is 0. The van der Waals surface area contributed by atoms with E-state index in [4.69, 9.17) is 15.7 Å². The lowest BCUT2D eigenvalue weighted by Gasteiger charge is -2.10. The van der Waals surface area contributed by atoms with E-state index < -0.39 is 15.1 Å². The van der Waals surface area contributed by atoms with Gasteiger partial charge in [0.1, 0.15) is 11.0 Å². The Hall–Kier alpha value is -1.74. The molecule has 2 N–H and O–H groups in total. The van der Waals surface area contributed by atoms with Crippen molar-refractivity contribution >= 4 is 15.5 Å². The van der Waals surface area contributed by atoms with E-state index in [1.165, 1.54) is 26.2 Å². The second kappa shape index (κ2) is 4.41. The molecule has 0 bridgehead atoms. The number of methoxy groups -OCH3 is 1. The SMILES string of the molecule is COc1ccc(N)c(S(=O)(=O)C(C)C#N)c1. The molecule has 0 heterocycles. The zero-order valence-electron chi connectivity index (χ0n) is 8.97. The molecule has 0 aliphatic heterocycles. The molecule has 0 radical (unpaired) electrons. The number of sulfone groups is 1. The van der Waals surface area contributed by atoms with Crippen molar-refractivity contribution in [3.05, 3.63) is 18.2 Å². The molecule has 0 aliphatic carbocycles. The van der Waals surface area contributed by atoms with Gasteiger partial charge in [0.15, 0.2) is 9.84 Å². The maximum Gasteiger partial charge on any atom is 0.196 e. The van der Waals surface area contributed by atoms with Crippen LogP contribution in [0.1, 0.15) is 6.92 Å². The molecular formula is C10H12N2O3S. The van der Waals surface area contributed by atoms with E-state index in [0.717, 1.165) is 0 Å². The minimum atomic E-state index is -3.72. The Kier molecular flexibility index (Phi) is 3.40. The van der Waals surface area contributed by atoms with Gasteiger partial charge < -0.3 is 10.5 Å². The van der Waals surface area contributed by atoms with Crippen LogP contribution in [0.15, 0.2) is 23.1 Å². The van der Waals surface area contributed by atoms with Crippen LogP contribution in [0.5, 0.6) is 5.75 Å². The normalized spacial score (nSPS) is 12.8. The summed E-state index contributed by atoms with van der Waals surface area (Å²) in [4.78, 5) is -0.0686. The zero-order chi connectivity index (χ0) is 12.3. The van der Waals surface area contributed by atoms with Crippen molar-refractivity contribution in [1.29, 1.82) is 5.26 Å². The van der Waals surface area contributed by atoms with Crippen molar-refractivity contribution in [2.24, 2.45) is 0 Å². The number of nitrogens with zero attached hydrogens (tertiary/aromatic N) is 1. The lowest BCUT2D eigenvalue weighted by Crippen LogP contribution is -2.17. The summed E-state index contributed by atoms with van der Waals surface area (Å²) < 4.78 is 28.7. The monoisotopic (exact) mass is 240 g/mol. The molecule has 5 nitrogen and oxygen atoms in total. The molecule has 1 unspecified atom stereocenters. The average Bonchev–Trinajstić information content (AvgIpc) is 2.28. The average molecular weight is 240 g/mol. The molecule has 0 saturated carbocycles. The minimum Gasteiger partial charge on any atom is -0.497 e. The Labute approximate surface area is 94.4 Å². The highest BCUT2D eigenvalue weighted by Crippen LogP contribution is 2.26. The highest BCUT2D eigenvalue weighted by molar-refractivity contribution is 7.92. The van der Waals surface area contributed by atoms with Crippen LogP contribution in [-0.2, 0) is 9.84 Å². The first-order valence-corrected chi connectivity index (χ1v) is 6.05. The number of nitriles is 1. The standard InChI is InChI=1S/C10H12N2O3S/c1-7(6-11)16(13,14)10-5-8(15-2)3-4-9(10)12/h3-5,7H,12H2,1-2H3. The number of ether oxygens (including phenoxy) is 1. The van der Waals surface area contributed by atoms with Gasteiger partial charge in [-0.25, -0.2) is 8.42 Å². The fourth-order valence-electron chi connectivity index (χ4n) is 1.15. The first-order valence-electron chi connectivity index (χ1n) is 4.50. The van der Waals surface area contributed by atoms with E-state index in [-0.39, 0.29) is 10.6 Å². The number of hydrogen-bond acceptors (Lipinski definition) is 5. The van der Waals surface area contributed by atoms with Gasteiger partial charge >= 0.3 is 0 Å². The lowest BCUT2D eigenvalue weighted by atomic mass is 10.3. The first-order chi connectivity index (χ1) is 7.43. The maximum atomic E-state index is 11.9. The van der Waals surface area contributed by atoms with Crippen LogP contribution in [0, 0.1) is 11.3 Å². The molecule has 1 aromatic rings. The summed E-state index contributed by atoms with van der Waals surface area (Å²) in [7, 11) is -2.29. The fourth-order valence-corrected chi connectivity index (χ4v) is 2.34. The number of benzene rings is 1. The first kappa shape index (κ1) is 12.3. The maximum absolute atomic E-state index is 11.9. The number of rotatable bonds is 3. The quantitative estimate of drug-likeness (QED) is 0.794. The summed E-state index contributed by atoms with van der Waals surface area (Å²) in [6, 6.07) is 6.00. The fraction of sp³-hybridized carbons (Fsp3) is 0.300. The van der Waals surface area contributed by atoms with Gasteiger partial charge in [-0.05, 0) is 19.1 Å². The Bertz CT molecular complexity index is 531. The van der Waals surface area contributed by atoms with E-state index in [9.17, 15) is 8.42 Å². The van der Waals surface area contributed by atoms with Crippen molar-refractivity contribution in [2.75, 3.05) is 12.8 Å². The molecule has 0 aromatic heterocycles. The largest absolute Gasteiger partial charge is 0.497 e. The van der Waals surface area contributed by atoms with Gasteiger partial charge in [0.25, 0.3) is 0 Å². The molecule has 6 heteroatoms. The van der Waals surface area contributed by atoms with Crippen molar-refractivity contribution < 1.29 is 13.2 Å².